The molecule has 5 nitrogen and oxygen atoms in total. The van der Waals surface area contributed by atoms with Gasteiger partial charge >= 0.3 is 0 Å². The topological polar surface area (TPSA) is 55.6 Å². The van der Waals surface area contributed by atoms with Gasteiger partial charge in [0, 0.05) is 32.4 Å². The molecule has 0 aliphatic heterocycles. The summed E-state index contributed by atoms with van der Waals surface area (Å²) in [7, 11) is 1.94. The molecule has 0 fully saturated rings. The number of aryl methyl sites for hydroxylation is 1. The molecule has 2 aromatic rings. The SMILES string of the molecule is Cn1cnnc1CCNc1ccncc1Br. The number of aromatic nitrogens is 4. The molecule has 2 rings (SSSR count). The summed E-state index contributed by atoms with van der Waals surface area (Å²) >= 11 is 3.43. The highest BCUT2D eigenvalue weighted by Gasteiger charge is 2.01. The van der Waals surface area contributed by atoms with Crippen molar-refractivity contribution in [3.63, 3.8) is 0 Å². The first-order valence-corrected chi connectivity index (χ1v) is 5.73. The van der Waals surface area contributed by atoms with Gasteiger partial charge in [-0.2, -0.15) is 0 Å². The minimum Gasteiger partial charge on any atom is -0.384 e. The van der Waals surface area contributed by atoms with Crippen molar-refractivity contribution >= 4 is 21.6 Å². The van der Waals surface area contributed by atoms with E-state index in [1.165, 1.54) is 0 Å². The van der Waals surface area contributed by atoms with Gasteiger partial charge in [-0.1, -0.05) is 0 Å². The maximum Gasteiger partial charge on any atom is 0.134 e. The molecule has 0 amide bonds. The average Bonchev–Trinajstić information content (AvgIpc) is 2.67. The second kappa shape index (κ2) is 5.07. The molecule has 1 N–H and O–H groups in total. The number of pyridine rings is 1. The molecule has 84 valence electrons. The van der Waals surface area contributed by atoms with Gasteiger partial charge in [-0.25, -0.2) is 0 Å². The summed E-state index contributed by atoms with van der Waals surface area (Å²) in [6.07, 6.45) is 6.07. The third-order valence-corrected chi connectivity index (χ3v) is 2.87. The number of nitrogens with zero attached hydrogens (tertiary/aromatic N) is 4. The first-order chi connectivity index (χ1) is 7.77. The molecule has 6 heteroatoms. The second-order valence-electron chi connectivity index (χ2n) is 3.39. The van der Waals surface area contributed by atoms with Gasteiger partial charge < -0.3 is 9.88 Å². The van der Waals surface area contributed by atoms with E-state index in [-0.39, 0.29) is 0 Å². The van der Waals surface area contributed by atoms with Crippen LogP contribution in [-0.4, -0.2) is 26.3 Å². The lowest BCUT2D eigenvalue weighted by atomic mass is 10.3. The minimum absolute atomic E-state index is 0.815. The Morgan fingerprint density at radius 1 is 1.50 bits per heavy atom. The molecular weight excluding hydrogens is 270 g/mol. The molecule has 2 aromatic heterocycles. The molecule has 0 spiro atoms. The molecule has 16 heavy (non-hydrogen) atoms. The Morgan fingerprint density at radius 2 is 2.38 bits per heavy atom. The minimum atomic E-state index is 0.815. The highest BCUT2D eigenvalue weighted by molar-refractivity contribution is 9.10. The summed E-state index contributed by atoms with van der Waals surface area (Å²) in [5, 5.41) is 11.2. The third-order valence-electron chi connectivity index (χ3n) is 2.24. The fourth-order valence-electron chi connectivity index (χ4n) is 1.36. The summed E-state index contributed by atoms with van der Waals surface area (Å²) < 4.78 is 2.89. The Morgan fingerprint density at radius 3 is 3.06 bits per heavy atom. The van der Waals surface area contributed by atoms with Crippen LogP contribution in [0.4, 0.5) is 5.69 Å². The van der Waals surface area contributed by atoms with Crippen LogP contribution in [0.15, 0.2) is 29.3 Å². The van der Waals surface area contributed by atoms with Crippen LogP contribution in [0, 0.1) is 0 Å². The van der Waals surface area contributed by atoms with Crippen LogP contribution in [0.3, 0.4) is 0 Å². The summed E-state index contributed by atoms with van der Waals surface area (Å²) in [5.41, 5.74) is 1.04. The van der Waals surface area contributed by atoms with E-state index in [1.807, 2.05) is 17.7 Å². The molecule has 0 radical (unpaired) electrons. The predicted octanol–water partition coefficient (Wildman–Crippen LogP) is 1.63. The van der Waals surface area contributed by atoms with E-state index in [0.717, 1.165) is 29.0 Å². The predicted molar refractivity (Wildman–Crippen MR) is 65.1 cm³/mol. The quantitative estimate of drug-likeness (QED) is 0.926. The van der Waals surface area contributed by atoms with Gasteiger partial charge in [-0.15, -0.1) is 10.2 Å². The number of anilines is 1. The van der Waals surface area contributed by atoms with Crippen molar-refractivity contribution < 1.29 is 0 Å². The second-order valence-corrected chi connectivity index (χ2v) is 4.24. The summed E-state index contributed by atoms with van der Waals surface area (Å²) in [4.78, 5) is 4.00. The number of nitrogens with one attached hydrogen (secondary N) is 1. The van der Waals surface area contributed by atoms with Crippen molar-refractivity contribution in [1.82, 2.24) is 19.7 Å². The van der Waals surface area contributed by atoms with Crippen LogP contribution in [0.2, 0.25) is 0 Å². The first kappa shape index (κ1) is 11.1. The van der Waals surface area contributed by atoms with Gasteiger partial charge in [0.25, 0.3) is 0 Å². The van der Waals surface area contributed by atoms with Crippen LogP contribution < -0.4 is 5.32 Å². The standard InChI is InChI=1S/C10H12BrN5/c1-16-7-14-15-10(16)3-5-13-9-2-4-12-6-8(9)11/h2,4,6-7H,3,5H2,1H3,(H,12,13). The Balaban J connectivity index is 1.89. The van der Waals surface area contributed by atoms with Gasteiger partial charge in [-0.3, -0.25) is 4.98 Å². The molecule has 0 bridgehead atoms. The van der Waals surface area contributed by atoms with Crippen molar-refractivity contribution in [1.29, 1.82) is 0 Å². The zero-order valence-electron chi connectivity index (χ0n) is 8.89. The van der Waals surface area contributed by atoms with Crippen LogP contribution in [0.5, 0.6) is 0 Å². The summed E-state index contributed by atoms with van der Waals surface area (Å²) in [6.45, 7) is 0.815. The Kier molecular flexibility index (Phi) is 3.51. The van der Waals surface area contributed by atoms with E-state index in [2.05, 4.69) is 36.4 Å². The van der Waals surface area contributed by atoms with E-state index in [0.29, 0.717) is 0 Å². The van der Waals surface area contributed by atoms with Crippen molar-refractivity contribution in [2.45, 2.75) is 6.42 Å². The van der Waals surface area contributed by atoms with Gasteiger partial charge in [0.05, 0.1) is 10.2 Å². The number of hydrogen-bond acceptors (Lipinski definition) is 4. The van der Waals surface area contributed by atoms with Gasteiger partial charge in [0.15, 0.2) is 0 Å². The largest absolute Gasteiger partial charge is 0.384 e. The first-order valence-electron chi connectivity index (χ1n) is 4.93. The van der Waals surface area contributed by atoms with Crippen molar-refractivity contribution in [2.75, 3.05) is 11.9 Å². The lowest BCUT2D eigenvalue weighted by Gasteiger charge is -2.07. The van der Waals surface area contributed by atoms with E-state index in [9.17, 15) is 0 Å². The van der Waals surface area contributed by atoms with Crippen LogP contribution in [-0.2, 0) is 13.5 Å². The normalized spacial score (nSPS) is 10.4. The molecular formula is C10H12BrN5. The number of halogens is 1. The van der Waals surface area contributed by atoms with Crippen LogP contribution in [0.25, 0.3) is 0 Å². The maximum atomic E-state index is 4.02. The van der Waals surface area contributed by atoms with E-state index >= 15 is 0 Å². The van der Waals surface area contributed by atoms with Crippen LogP contribution in [0.1, 0.15) is 5.82 Å². The third kappa shape index (κ3) is 2.57. The number of rotatable bonds is 4. The Bertz CT molecular complexity index is 468. The molecule has 0 atom stereocenters. The molecule has 0 aliphatic carbocycles. The molecule has 2 heterocycles. The molecule has 0 aromatic carbocycles. The van der Waals surface area contributed by atoms with E-state index < -0.39 is 0 Å². The van der Waals surface area contributed by atoms with Crippen LogP contribution >= 0.6 is 15.9 Å². The Hall–Kier alpha value is -1.43. The summed E-state index contributed by atoms with van der Waals surface area (Å²) in [5.74, 6) is 0.970. The molecule has 0 aliphatic rings. The van der Waals surface area contributed by atoms with Gasteiger partial charge in [0.2, 0.25) is 0 Å². The highest BCUT2D eigenvalue weighted by Crippen LogP contribution is 2.19. The van der Waals surface area contributed by atoms with Gasteiger partial charge in [0.1, 0.15) is 12.2 Å². The summed E-state index contributed by atoms with van der Waals surface area (Å²) in [6, 6.07) is 1.93. The maximum absolute atomic E-state index is 4.02. The lowest BCUT2D eigenvalue weighted by molar-refractivity contribution is 0.788. The lowest BCUT2D eigenvalue weighted by Crippen LogP contribution is -2.08. The van der Waals surface area contributed by atoms with Gasteiger partial charge in [-0.05, 0) is 22.0 Å². The highest BCUT2D eigenvalue weighted by atomic mass is 79.9. The molecule has 0 unspecified atom stereocenters. The smallest absolute Gasteiger partial charge is 0.134 e. The number of hydrogen-bond donors (Lipinski definition) is 1. The van der Waals surface area contributed by atoms with E-state index in [4.69, 9.17) is 0 Å². The fraction of sp³-hybridized carbons (Fsp3) is 0.300. The average molecular weight is 282 g/mol. The molecule has 0 saturated heterocycles. The van der Waals surface area contributed by atoms with E-state index in [1.54, 1.807) is 18.7 Å². The van der Waals surface area contributed by atoms with Crippen molar-refractivity contribution in [3.05, 3.63) is 35.1 Å². The van der Waals surface area contributed by atoms with Crippen molar-refractivity contribution in [3.8, 4) is 0 Å². The zero-order chi connectivity index (χ0) is 11.4. The monoisotopic (exact) mass is 281 g/mol. The zero-order valence-corrected chi connectivity index (χ0v) is 10.5. The fourth-order valence-corrected chi connectivity index (χ4v) is 1.75. The van der Waals surface area contributed by atoms with Crippen molar-refractivity contribution in [2.24, 2.45) is 7.05 Å². The molecule has 0 saturated carbocycles. The Labute approximate surface area is 102 Å².